The number of fused-ring (bicyclic) bond motifs is 1. The molecule has 26 heavy (non-hydrogen) atoms. The molecule has 0 aliphatic carbocycles. The first-order valence-corrected chi connectivity index (χ1v) is 8.96. The lowest BCUT2D eigenvalue weighted by molar-refractivity contribution is 0.0629. The summed E-state index contributed by atoms with van der Waals surface area (Å²) in [6.07, 6.45) is 6.93. The van der Waals surface area contributed by atoms with E-state index >= 15 is 0 Å². The van der Waals surface area contributed by atoms with Crippen molar-refractivity contribution in [2.75, 3.05) is 23.3 Å². The van der Waals surface area contributed by atoms with E-state index in [1.807, 2.05) is 42.5 Å². The maximum absolute atomic E-state index is 12.6. The second-order valence-corrected chi connectivity index (χ2v) is 6.47. The van der Waals surface area contributed by atoms with Gasteiger partial charge < -0.3 is 15.0 Å². The van der Waals surface area contributed by atoms with Gasteiger partial charge in [0.2, 0.25) is 5.88 Å². The Hall–Kier alpha value is -3.08. The Morgan fingerprint density at radius 3 is 2.77 bits per heavy atom. The third-order valence-electron chi connectivity index (χ3n) is 4.63. The van der Waals surface area contributed by atoms with Crippen LogP contribution in [0.15, 0.2) is 65.6 Å². The molecule has 0 unspecified atom stereocenters. The molecule has 5 heteroatoms. The van der Waals surface area contributed by atoms with Crippen molar-refractivity contribution < 1.29 is 9.53 Å². The fourth-order valence-electron chi connectivity index (χ4n) is 3.27. The monoisotopic (exact) mass is 347 g/mol. The minimum absolute atomic E-state index is 0.319. The molecule has 2 aliphatic heterocycles. The van der Waals surface area contributed by atoms with Crippen molar-refractivity contribution in [3.8, 4) is 0 Å². The van der Waals surface area contributed by atoms with Gasteiger partial charge in [-0.3, -0.25) is 4.99 Å². The average molecular weight is 347 g/mol. The zero-order valence-corrected chi connectivity index (χ0v) is 14.5. The van der Waals surface area contributed by atoms with Crippen molar-refractivity contribution >= 4 is 23.6 Å². The highest BCUT2D eigenvalue weighted by Gasteiger charge is 2.16. The Bertz CT molecular complexity index is 867. The van der Waals surface area contributed by atoms with Gasteiger partial charge in [-0.15, -0.1) is 0 Å². The Morgan fingerprint density at radius 1 is 1.04 bits per heavy atom. The molecule has 0 bridgehead atoms. The minimum Gasteiger partial charge on any atom is -0.404 e. The van der Waals surface area contributed by atoms with Crippen molar-refractivity contribution in [3.63, 3.8) is 0 Å². The van der Waals surface area contributed by atoms with Gasteiger partial charge in [0.15, 0.2) is 0 Å². The lowest BCUT2D eigenvalue weighted by Crippen LogP contribution is -2.29. The summed E-state index contributed by atoms with van der Waals surface area (Å²) in [6, 6.07) is 15.4. The summed E-state index contributed by atoms with van der Waals surface area (Å²) >= 11 is 0. The second-order valence-electron chi connectivity index (χ2n) is 6.47. The number of anilines is 2. The number of carbonyl (C=O) groups is 1. The Balaban J connectivity index is 1.48. The van der Waals surface area contributed by atoms with Crippen LogP contribution in [0.4, 0.5) is 11.4 Å². The second kappa shape index (κ2) is 7.44. The van der Waals surface area contributed by atoms with Crippen molar-refractivity contribution in [2.24, 2.45) is 4.99 Å². The molecule has 0 radical (unpaired) electrons. The van der Waals surface area contributed by atoms with E-state index in [0.717, 1.165) is 30.0 Å². The molecule has 2 aliphatic rings. The van der Waals surface area contributed by atoms with Gasteiger partial charge in [-0.25, -0.2) is 4.79 Å². The molecule has 2 heterocycles. The summed E-state index contributed by atoms with van der Waals surface area (Å²) in [7, 11) is 0. The van der Waals surface area contributed by atoms with Crippen LogP contribution in [0.2, 0.25) is 0 Å². The van der Waals surface area contributed by atoms with Crippen LogP contribution in [-0.2, 0) is 4.74 Å². The number of hydrogen-bond acceptors (Lipinski definition) is 5. The molecule has 132 valence electrons. The maximum atomic E-state index is 12.6. The van der Waals surface area contributed by atoms with Crippen molar-refractivity contribution in [2.45, 2.75) is 19.3 Å². The summed E-state index contributed by atoms with van der Waals surface area (Å²) in [6.45, 7) is 2.08. The number of nitrogens with one attached hydrogen (secondary N) is 1. The smallest absolute Gasteiger partial charge is 0.344 e. The highest BCUT2D eigenvalue weighted by molar-refractivity contribution is 5.92. The number of ether oxygens (including phenoxy) is 1. The van der Waals surface area contributed by atoms with E-state index in [1.54, 1.807) is 12.3 Å². The van der Waals surface area contributed by atoms with Gasteiger partial charge >= 0.3 is 5.97 Å². The highest BCUT2D eigenvalue weighted by Crippen LogP contribution is 2.23. The molecular weight excluding hydrogens is 326 g/mol. The zero-order valence-electron chi connectivity index (χ0n) is 14.5. The lowest BCUT2D eigenvalue weighted by Gasteiger charge is -2.29. The zero-order chi connectivity index (χ0) is 17.8. The van der Waals surface area contributed by atoms with E-state index in [1.165, 1.54) is 25.5 Å². The van der Waals surface area contributed by atoms with Gasteiger partial charge in [-0.2, -0.15) is 0 Å². The number of benzene rings is 2. The van der Waals surface area contributed by atoms with Crippen LogP contribution in [0.1, 0.15) is 35.2 Å². The maximum Gasteiger partial charge on any atom is 0.344 e. The molecule has 4 rings (SSSR count). The third kappa shape index (κ3) is 3.61. The van der Waals surface area contributed by atoms with Gasteiger partial charge in [0.1, 0.15) is 0 Å². The summed E-state index contributed by atoms with van der Waals surface area (Å²) in [5.41, 5.74) is 3.42. The first kappa shape index (κ1) is 16.4. The van der Waals surface area contributed by atoms with Crippen LogP contribution in [-0.4, -0.2) is 25.3 Å². The normalized spacial score (nSPS) is 16.2. The summed E-state index contributed by atoms with van der Waals surface area (Å²) in [5.74, 6) is -0.0724. The number of para-hydroxylation sites is 1. The third-order valence-corrected chi connectivity index (χ3v) is 4.63. The molecule has 0 atom stereocenters. The van der Waals surface area contributed by atoms with E-state index in [9.17, 15) is 4.79 Å². The van der Waals surface area contributed by atoms with Crippen LogP contribution < -0.4 is 10.2 Å². The Kier molecular flexibility index (Phi) is 4.69. The summed E-state index contributed by atoms with van der Waals surface area (Å²) < 4.78 is 5.54. The molecule has 2 aromatic rings. The van der Waals surface area contributed by atoms with Gasteiger partial charge in [0.05, 0.1) is 11.8 Å². The van der Waals surface area contributed by atoms with Crippen LogP contribution in [0.5, 0.6) is 0 Å². The van der Waals surface area contributed by atoms with Gasteiger partial charge in [0, 0.05) is 36.2 Å². The predicted molar refractivity (Wildman–Crippen MR) is 104 cm³/mol. The van der Waals surface area contributed by atoms with Gasteiger partial charge in [-0.1, -0.05) is 24.3 Å². The topological polar surface area (TPSA) is 53.9 Å². The Morgan fingerprint density at radius 2 is 1.88 bits per heavy atom. The molecule has 1 saturated heterocycles. The number of rotatable bonds is 3. The summed E-state index contributed by atoms with van der Waals surface area (Å²) in [5, 5.41) is 3.12. The molecule has 0 spiro atoms. The molecule has 1 N–H and O–H groups in total. The quantitative estimate of drug-likeness (QED) is 0.847. The fraction of sp³-hybridized carbons (Fsp3) is 0.238. The predicted octanol–water partition coefficient (Wildman–Crippen LogP) is 4.18. The summed E-state index contributed by atoms with van der Waals surface area (Å²) in [4.78, 5) is 19.1. The standard InChI is InChI=1S/C21H21N3O2/c25-21(16-8-6-9-18(13-16)24-11-4-1-5-12-24)26-20-15-22-14-17-7-2-3-10-19(17)23-20/h2-3,6-10,13-15,23H,1,4-5,11-12H2. The van der Waals surface area contributed by atoms with Crippen molar-refractivity contribution in [3.05, 3.63) is 71.7 Å². The number of carbonyl (C=O) groups excluding carboxylic acids is 1. The minimum atomic E-state index is -0.391. The lowest BCUT2D eigenvalue weighted by atomic mass is 10.1. The van der Waals surface area contributed by atoms with Crippen molar-refractivity contribution in [1.29, 1.82) is 0 Å². The van der Waals surface area contributed by atoms with E-state index < -0.39 is 5.97 Å². The first-order chi connectivity index (χ1) is 12.8. The van der Waals surface area contributed by atoms with Crippen LogP contribution in [0.3, 0.4) is 0 Å². The van der Waals surface area contributed by atoms with Crippen LogP contribution >= 0.6 is 0 Å². The van der Waals surface area contributed by atoms with E-state index in [4.69, 9.17) is 4.74 Å². The number of hydrogen-bond donors (Lipinski definition) is 1. The van der Waals surface area contributed by atoms with Gasteiger partial charge in [-0.05, 0) is 43.5 Å². The van der Waals surface area contributed by atoms with E-state index in [0.29, 0.717) is 11.4 Å². The average Bonchev–Trinajstić information content (AvgIpc) is 2.90. The van der Waals surface area contributed by atoms with Gasteiger partial charge in [0.25, 0.3) is 0 Å². The number of aliphatic imine (C=N–C) groups is 1. The number of nitrogens with zero attached hydrogens (tertiary/aromatic N) is 2. The van der Waals surface area contributed by atoms with E-state index in [-0.39, 0.29) is 0 Å². The SMILES string of the molecule is O=C(OC1=CN=Cc2ccccc2N1)c1cccc(N2CCCCC2)c1. The first-order valence-electron chi connectivity index (χ1n) is 8.96. The molecule has 0 saturated carbocycles. The van der Waals surface area contributed by atoms with Crippen LogP contribution in [0, 0.1) is 0 Å². The fourth-order valence-corrected chi connectivity index (χ4v) is 3.27. The number of esters is 1. The molecule has 5 nitrogen and oxygen atoms in total. The largest absolute Gasteiger partial charge is 0.404 e. The molecular formula is C21H21N3O2. The Labute approximate surface area is 153 Å². The van der Waals surface area contributed by atoms with Crippen molar-refractivity contribution in [1.82, 2.24) is 0 Å². The van der Waals surface area contributed by atoms with Crippen LogP contribution in [0.25, 0.3) is 0 Å². The molecule has 1 fully saturated rings. The van der Waals surface area contributed by atoms with E-state index in [2.05, 4.69) is 15.2 Å². The molecule has 0 aromatic heterocycles. The molecule has 0 amide bonds. The number of piperidine rings is 1. The molecule has 2 aromatic carbocycles. The highest BCUT2D eigenvalue weighted by atomic mass is 16.5.